The number of nitrogens with one attached hydrogen (secondary N) is 1. The van der Waals surface area contributed by atoms with E-state index in [1.165, 1.54) is 0 Å². The quantitative estimate of drug-likeness (QED) is 0.895. The van der Waals surface area contributed by atoms with E-state index in [-0.39, 0.29) is 16.9 Å². The zero-order valence-corrected chi connectivity index (χ0v) is 11.2. The molecule has 1 N–H and O–H groups in total. The number of hydrogen-bond acceptors (Lipinski definition) is 1. The van der Waals surface area contributed by atoms with Crippen LogP contribution in [0.4, 0.5) is 4.39 Å². The largest absolute Gasteiger partial charge is 0.345 e. The summed E-state index contributed by atoms with van der Waals surface area (Å²) in [5, 5.41) is 3.35. The van der Waals surface area contributed by atoms with Crippen molar-refractivity contribution in [3.63, 3.8) is 0 Å². The van der Waals surface area contributed by atoms with Crippen LogP contribution in [0.1, 0.15) is 24.2 Å². The second-order valence-corrected chi connectivity index (χ2v) is 4.69. The van der Waals surface area contributed by atoms with Crippen molar-refractivity contribution in [3.05, 3.63) is 58.6 Å². The zero-order valence-electron chi connectivity index (χ0n) is 10.5. The summed E-state index contributed by atoms with van der Waals surface area (Å²) in [6.45, 7) is 2.56. The Labute approximate surface area is 111 Å². The molecule has 0 radical (unpaired) electrons. The van der Waals surface area contributed by atoms with Crippen LogP contribution >= 0.6 is 11.6 Å². The van der Waals surface area contributed by atoms with Crippen molar-refractivity contribution in [1.29, 1.82) is 0 Å². The van der Waals surface area contributed by atoms with E-state index in [1.54, 1.807) is 18.2 Å². The third-order valence-electron chi connectivity index (χ3n) is 3.11. The van der Waals surface area contributed by atoms with Crippen molar-refractivity contribution < 1.29 is 4.39 Å². The van der Waals surface area contributed by atoms with Gasteiger partial charge in [-0.05, 0) is 32.2 Å². The Morgan fingerprint density at radius 3 is 2.83 bits per heavy atom. The molecule has 1 heterocycles. The van der Waals surface area contributed by atoms with Gasteiger partial charge in [-0.15, -0.1) is 0 Å². The lowest BCUT2D eigenvalue weighted by Crippen LogP contribution is -2.17. The molecule has 0 aliphatic rings. The molecule has 2 aromatic rings. The normalized spacial score (nSPS) is 12.7. The molecule has 0 spiro atoms. The highest BCUT2D eigenvalue weighted by Gasteiger charge is 2.11. The molecule has 1 aromatic heterocycles. The molecule has 96 valence electrons. The summed E-state index contributed by atoms with van der Waals surface area (Å²) in [4.78, 5) is 0. The fourth-order valence-corrected chi connectivity index (χ4v) is 2.16. The minimum absolute atomic E-state index is 0.169. The Balaban J connectivity index is 2.29. The Bertz CT molecular complexity index is 536. The number of hydrogen-bond donors (Lipinski definition) is 1. The summed E-state index contributed by atoms with van der Waals surface area (Å²) in [6.07, 6.45) is 1.95. The topological polar surface area (TPSA) is 17.0 Å². The molecule has 2 rings (SSSR count). The standard InChI is InChI=1S/C14H16ClFN2/c1-10(17-2)13-7-4-8-18(13)9-11-5-3-6-12(15)14(11)16/h3-8,10,17H,9H2,1-2H3. The van der Waals surface area contributed by atoms with Gasteiger partial charge in [0.05, 0.1) is 11.6 Å². The fourth-order valence-electron chi connectivity index (χ4n) is 1.97. The molecule has 0 aliphatic heterocycles. The summed E-state index contributed by atoms with van der Waals surface area (Å²) >= 11 is 5.79. The van der Waals surface area contributed by atoms with E-state index < -0.39 is 0 Å². The molecule has 0 saturated carbocycles. The first-order chi connectivity index (χ1) is 8.63. The van der Waals surface area contributed by atoms with Crippen molar-refractivity contribution in [1.82, 2.24) is 9.88 Å². The molecule has 0 aliphatic carbocycles. The van der Waals surface area contributed by atoms with Crippen molar-refractivity contribution in [2.24, 2.45) is 0 Å². The number of rotatable bonds is 4. The highest BCUT2D eigenvalue weighted by atomic mass is 35.5. The van der Waals surface area contributed by atoms with Gasteiger partial charge in [-0.2, -0.15) is 0 Å². The Morgan fingerprint density at radius 2 is 2.11 bits per heavy atom. The number of halogens is 2. The fraction of sp³-hybridized carbons (Fsp3) is 0.286. The van der Waals surface area contributed by atoms with Crippen LogP contribution in [-0.4, -0.2) is 11.6 Å². The Hall–Kier alpha value is -1.32. The van der Waals surface area contributed by atoms with Gasteiger partial charge in [0.15, 0.2) is 0 Å². The minimum Gasteiger partial charge on any atom is -0.345 e. The molecule has 0 bridgehead atoms. The predicted octanol–water partition coefficient (Wildman–Crippen LogP) is 3.61. The zero-order chi connectivity index (χ0) is 13.1. The average Bonchev–Trinajstić information content (AvgIpc) is 2.82. The molecular formula is C14H16ClFN2. The van der Waals surface area contributed by atoms with Crippen molar-refractivity contribution in [2.45, 2.75) is 19.5 Å². The first kappa shape index (κ1) is 13.1. The molecule has 0 fully saturated rings. The van der Waals surface area contributed by atoms with E-state index in [9.17, 15) is 4.39 Å². The van der Waals surface area contributed by atoms with Gasteiger partial charge in [-0.25, -0.2) is 4.39 Å². The molecular weight excluding hydrogens is 251 g/mol. The maximum atomic E-state index is 13.8. The van der Waals surface area contributed by atoms with E-state index in [1.807, 2.05) is 29.9 Å². The minimum atomic E-state index is -0.337. The van der Waals surface area contributed by atoms with Gasteiger partial charge in [-0.3, -0.25) is 0 Å². The Morgan fingerprint density at radius 1 is 1.33 bits per heavy atom. The monoisotopic (exact) mass is 266 g/mol. The van der Waals surface area contributed by atoms with Gasteiger partial charge in [0.2, 0.25) is 0 Å². The van der Waals surface area contributed by atoms with Gasteiger partial charge in [0, 0.05) is 23.5 Å². The van der Waals surface area contributed by atoms with E-state index in [0.717, 1.165) is 5.69 Å². The van der Waals surface area contributed by atoms with Crippen LogP contribution in [0.3, 0.4) is 0 Å². The van der Waals surface area contributed by atoms with E-state index in [2.05, 4.69) is 12.2 Å². The van der Waals surface area contributed by atoms with Gasteiger partial charge in [0.1, 0.15) is 5.82 Å². The van der Waals surface area contributed by atoms with Gasteiger partial charge >= 0.3 is 0 Å². The van der Waals surface area contributed by atoms with Crippen molar-refractivity contribution in [3.8, 4) is 0 Å². The molecule has 18 heavy (non-hydrogen) atoms. The third kappa shape index (κ3) is 2.57. The highest BCUT2D eigenvalue weighted by molar-refractivity contribution is 6.30. The van der Waals surface area contributed by atoms with Gasteiger partial charge < -0.3 is 9.88 Å². The summed E-state index contributed by atoms with van der Waals surface area (Å²) in [7, 11) is 1.90. The summed E-state index contributed by atoms with van der Waals surface area (Å²) in [5.74, 6) is -0.337. The number of nitrogens with zero attached hydrogens (tertiary/aromatic N) is 1. The predicted molar refractivity (Wildman–Crippen MR) is 72.4 cm³/mol. The first-order valence-corrected chi connectivity index (χ1v) is 6.26. The second kappa shape index (κ2) is 5.55. The van der Waals surface area contributed by atoms with Gasteiger partial charge in [0.25, 0.3) is 0 Å². The van der Waals surface area contributed by atoms with Crippen LogP contribution in [0.2, 0.25) is 5.02 Å². The molecule has 1 atom stereocenters. The van der Waals surface area contributed by atoms with E-state index in [4.69, 9.17) is 11.6 Å². The summed E-state index contributed by atoms with van der Waals surface area (Å²) < 4.78 is 15.9. The first-order valence-electron chi connectivity index (χ1n) is 5.88. The molecule has 0 saturated heterocycles. The summed E-state index contributed by atoms with van der Waals surface area (Å²) in [6, 6.07) is 9.31. The maximum absolute atomic E-state index is 13.8. The van der Waals surface area contributed by atoms with Crippen molar-refractivity contribution in [2.75, 3.05) is 7.05 Å². The average molecular weight is 267 g/mol. The smallest absolute Gasteiger partial charge is 0.146 e. The van der Waals surface area contributed by atoms with Crippen LogP contribution in [0.15, 0.2) is 36.5 Å². The van der Waals surface area contributed by atoms with Crippen LogP contribution in [0.5, 0.6) is 0 Å². The molecule has 4 heteroatoms. The van der Waals surface area contributed by atoms with Crippen LogP contribution in [-0.2, 0) is 6.54 Å². The third-order valence-corrected chi connectivity index (χ3v) is 3.41. The van der Waals surface area contributed by atoms with Crippen molar-refractivity contribution >= 4 is 11.6 Å². The van der Waals surface area contributed by atoms with E-state index >= 15 is 0 Å². The van der Waals surface area contributed by atoms with Crippen LogP contribution in [0.25, 0.3) is 0 Å². The lowest BCUT2D eigenvalue weighted by atomic mass is 10.2. The SMILES string of the molecule is CNC(C)c1cccn1Cc1cccc(Cl)c1F. The highest BCUT2D eigenvalue weighted by Crippen LogP contribution is 2.21. The van der Waals surface area contributed by atoms with E-state index in [0.29, 0.717) is 12.1 Å². The van der Waals surface area contributed by atoms with Gasteiger partial charge in [-0.1, -0.05) is 23.7 Å². The number of aromatic nitrogens is 1. The molecule has 0 amide bonds. The van der Waals surface area contributed by atoms with Crippen LogP contribution in [0, 0.1) is 5.82 Å². The Kier molecular flexibility index (Phi) is 4.04. The second-order valence-electron chi connectivity index (χ2n) is 4.28. The van der Waals surface area contributed by atoms with Crippen LogP contribution < -0.4 is 5.32 Å². The lowest BCUT2D eigenvalue weighted by Gasteiger charge is -2.15. The summed E-state index contributed by atoms with van der Waals surface area (Å²) in [5.41, 5.74) is 1.72. The number of benzene rings is 1. The lowest BCUT2D eigenvalue weighted by molar-refractivity contribution is 0.567. The molecule has 1 unspecified atom stereocenters. The molecule has 2 nitrogen and oxygen atoms in total. The maximum Gasteiger partial charge on any atom is 0.146 e. The molecule has 1 aromatic carbocycles.